The van der Waals surface area contributed by atoms with Gasteiger partial charge in [0.15, 0.2) is 0 Å². The summed E-state index contributed by atoms with van der Waals surface area (Å²) in [7, 11) is 0. The minimum atomic E-state index is -0.426. The molecule has 0 unspecified atom stereocenters. The van der Waals surface area contributed by atoms with Crippen LogP contribution < -0.4 is 16.0 Å². The zero-order valence-electron chi connectivity index (χ0n) is 21.1. The van der Waals surface area contributed by atoms with Gasteiger partial charge in [0, 0.05) is 49.6 Å². The molecule has 36 heavy (non-hydrogen) atoms. The van der Waals surface area contributed by atoms with Crippen molar-refractivity contribution in [3.63, 3.8) is 0 Å². The van der Waals surface area contributed by atoms with Crippen LogP contribution in [0.5, 0.6) is 0 Å². The van der Waals surface area contributed by atoms with Gasteiger partial charge in [0.25, 0.3) is 0 Å². The number of hydrogen-bond donors (Lipinski definition) is 4. The standard InChI is InChI=1S/C27H37ClN6O2/c1-18(19(2)35)32-20-6-8-21(9-7-20)33-26-14-22(23(28)15-30-26)24-4-3-5-25(34-24)31-17-27(16-29)10-12-36-13-11-27/h3-5,14-15,18-21,32,35H,6-13,17H2,1-2H3,(H,30,33)(H,31,34)/t18-,19+,20-,21-/m1/s1. The van der Waals surface area contributed by atoms with E-state index in [0.29, 0.717) is 42.7 Å². The lowest BCUT2D eigenvalue weighted by atomic mass is 9.82. The third kappa shape index (κ3) is 6.86. The monoisotopic (exact) mass is 512 g/mol. The molecule has 0 amide bonds. The Morgan fingerprint density at radius 1 is 1.17 bits per heavy atom. The van der Waals surface area contributed by atoms with Crippen LogP contribution in [-0.2, 0) is 4.74 Å². The van der Waals surface area contributed by atoms with Crippen LogP contribution in [0.15, 0.2) is 30.5 Å². The first-order chi connectivity index (χ1) is 17.4. The van der Waals surface area contributed by atoms with Crippen LogP contribution in [0, 0.1) is 16.7 Å². The molecule has 4 rings (SSSR count). The van der Waals surface area contributed by atoms with Gasteiger partial charge in [0.1, 0.15) is 11.6 Å². The van der Waals surface area contributed by atoms with Crippen LogP contribution in [-0.4, -0.2) is 59.1 Å². The van der Waals surface area contributed by atoms with Gasteiger partial charge in [-0.05, 0) is 70.6 Å². The number of aromatic nitrogens is 2. The summed E-state index contributed by atoms with van der Waals surface area (Å²) in [5.74, 6) is 1.50. The summed E-state index contributed by atoms with van der Waals surface area (Å²) >= 11 is 6.53. The second kappa shape index (κ2) is 12.2. The largest absolute Gasteiger partial charge is 0.392 e. The lowest BCUT2D eigenvalue weighted by Crippen LogP contribution is -2.45. The highest BCUT2D eigenvalue weighted by Crippen LogP contribution is 2.32. The highest BCUT2D eigenvalue weighted by atomic mass is 35.5. The quantitative estimate of drug-likeness (QED) is 0.385. The molecule has 2 aromatic rings. The van der Waals surface area contributed by atoms with Crippen LogP contribution in [0.3, 0.4) is 0 Å². The van der Waals surface area contributed by atoms with E-state index in [-0.39, 0.29) is 12.1 Å². The second-order valence-electron chi connectivity index (χ2n) is 10.2. The van der Waals surface area contributed by atoms with Crippen LogP contribution in [0.4, 0.5) is 11.6 Å². The van der Waals surface area contributed by atoms with Crippen molar-refractivity contribution in [2.24, 2.45) is 5.41 Å². The zero-order valence-corrected chi connectivity index (χ0v) is 21.9. The van der Waals surface area contributed by atoms with Crippen molar-refractivity contribution < 1.29 is 9.84 Å². The maximum atomic E-state index is 9.75. The van der Waals surface area contributed by atoms with E-state index in [0.717, 1.165) is 55.6 Å². The summed E-state index contributed by atoms with van der Waals surface area (Å²) in [5, 5.41) is 30.5. The topological polar surface area (TPSA) is 115 Å². The van der Waals surface area contributed by atoms with Crippen LogP contribution in [0.1, 0.15) is 52.4 Å². The summed E-state index contributed by atoms with van der Waals surface area (Å²) in [6, 6.07) is 11.1. The number of aliphatic hydroxyl groups is 1. The fourth-order valence-electron chi connectivity index (χ4n) is 4.87. The molecular formula is C27H37ClN6O2. The van der Waals surface area contributed by atoms with E-state index < -0.39 is 5.41 Å². The zero-order chi connectivity index (χ0) is 25.5. The lowest BCUT2D eigenvalue weighted by Gasteiger charge is -2.32. The van der Waals surface area contributed by atoms with Crippen LogP contribution in [0.25, 0.3) is 11.3 Å². The van der Waals surface area contributed by atoms with Gasteiger partial charge >= 0.3 is 0 Å². The maximum Gasteiger partial charge on any atom is 0.126 e. The number of ether oxygens (including phenoxy) is 1. The predicted molar refractivity (Wildman–Crippen MR) is 143 cm³/mol. The second-order valence-corrected chi connectivity index (χ2v) is 10.6. The van der Waals surface area contributed by atoms with Gasteiger partial charge in [-0.1, -0.05) is 17.7 Å². The molecular weight excluding hydrogens is 476 g/mol. The van der Waals surface area contributed by atoms with Crippen molar-refractivity contribution in [3.8, 4) is 17.3 Å². The first kappa shape index (κ1) is 26.6. The Labute approximate surface area is 218 Å². The molecule has 194 valence electrons. The maximum absolute atomic E-state index is 9.75. The van der Waals surface area contributed by atoms with Crippen molar-refractivity contribution in [1.82, 2.24) is 15.3 Å². The molecule has 1 saturated carbocycles. The van der Waals surface area contributed by atoms with Crippen molar-refractivity contribution in [1.29, 1.82) is 5.26 Å². The lowest BCUT2D eigenvalue weighted by molar-refractivity contribution is 0.0455. The smallest absolute Gasteiger partial charge is 0.126 e. The molecule has 8 nitrogen and oxygen atoms in total. The van der Waals surface area contributed by atoms with Crippen LogP contribution >= 0.6 is 11.6 Å². The van der Waals surface area contributed by atoms with Gasteiger partial charge < -0.3 is 25.8 Å². The Morgan fingerprint density at radius 2 is 1.89 bits per heavy atom. The van der Waals surface area contributed by atoms with E-state index in [2.05, 4.69) is 27.0 Å². The number of halogens is 1. The Kier molecular flexibility index (Phi) is 9.02. The summed E-state index contributed by atoms with van der Waals surface area (Å²) in [4.78, 5) is 9.28. The van der Waals surface area contributed by atoms with Crippen molar-refractivity contribution >= 4 is 23.2 Å². The third-order valence-corrected chi connectivity index (χ3v) is 7.78. The minimum absolute atomic E-state index is 0.0971. The Balaban J connectivity index is 1.38. The Hall–Kier alpha value is -2.44. The molecule has 1 aliphatic carbocycles. The molecule has 2 aliphatic rings. The molecule has 2 atom stereocenters. The number of pyridine rings is 2. The first-order valence-corrected chi connectivity index (χ1v) is 13.3. The molecule has 0 spiro atoms. The van der Waals surface area contributed by atoms with Crippen molar-refractivity contribution in [3.05, 3.63) is 35.5 Å². The molecule has 9 heteroatoms. The predicted octanol–water partition coefficient (Wildman–Crippen LogP) is 4.61. The molecule has 0 bridgehead atoms. The summed E-state index contributed by atoms with van der Waals surface area (Å²) in [6.45, 7) is 5.62. The number of aliphatic hydroxyl groups excluding tert-OH is 1. The normalized spacial score (nSPS) is 23.3. The van der Waals surface area contributed by atoms with E-state index in [4.69, 9.17) is 21.3 Å². The fourth-order valence-corrected chi connectivity index (χ4v) is 5.07. The van der Waals surface area contributed by atoms with Gasteiger partial charge in [-0.15, -0.1) is 0 Å². The first-order valence-electron chi connectivity index (χ1n) is 12.9. The highest BCUT2D eigenvalue weighted by Gasteiger charge is 2.32. The number of nitriles is 1. The van der Waals surface area contributed by atoms with E-state index in [1.807, 2.05) is 38.1 Å². The third-order valence-electron chi connectivity index (χ3n) is 7.48. The van der Waals surface area contributed by atoms with Gasteiger partial charge in [-0.25, -0.2) is 9.97 Å². The molecule has 0 radical (unpaired) electrons. The van der Waals surface area contributed by atoms with Crippen molar-refractivity contribution in [2.75, 3.05) is 30.4 Å². The highest BCUT2D eigenvalue weighted by molar-refractivity contribution is 6.33. The number of anilines is 2. The van der Waals surface area contributed by atoms with Gasteiger partial charge in [0.05, 0.1) is 28.3 Å². The fraction of sp³-hybridized carbons (Fsp3) is 0.593. The molecule has 3 heterocycles. The Bertz CT molecular complexity index is 1040. The van der Waals surface area contributed by atoms with Crippen LogP contribution in [0.2, 0.25) is 5.02 Å². The number of rotatable bonds is 9. The molecule has 2 fully saturated rings. The molecule has 1 aliphatic heterocycles. The SMILES string of the molecule is C[C@H](O)[C@@H](C)N[C@H]1CC[C@H](Nc2cc(-c3cccc(NCC4(C#N)CCOCC4)n3)c(Cl)cn2)CC1. The van der Waals surface area contributed by atoms with Gasteiger partial charge in [0.2, 0.25) is 0 Å². The van der Waals surface area contributed by atoms with E-state index in [1.54, 1.807) is 6.20 Å². The summed E-state index contributed by atoms with van der Waals surface area (Å²) in [6.07, 6.45) is 6.94. The van der Waals surface area contributed by atoms with E-state index in [9.17, 15) is 10.4 Å². The minimum Gasteiger partial charge on any atom is -0.392 e. The average molecular weight is 513 g/mol. The van der Waals surface area contributed by atoms with E-state index >= 15 is 0 Å². The molecule has 2 aromatic heterocycles. The number of nitrogens with zero attached hydrogens (tertiary/aromatic N) is 3. The molecule has 1 saturated heterocycles. The number of hydrogen-bond acceptors (Lipinski definition) is 8. The van der Waals surface area contributed by atoms with Crippen molar-refractivity contribution in [2.45, 2.75) is 76.6 Å². The summed E-state index contributed by atoms with van der Waals surface area (Å²) in [5.41, 5.74) is 1.15. The Morgan fingerprint density at radius 3 is 2.58 bits per heavy atom. The molecule has 0 aromatic carbocycles. The van der Waals surface area contributed by atoms with E-state index in [1.165, 1.54) is 0 Å². The average Bonchev–Trinajstić information content (AvgIpc) is 2.90. The summed E-state index contributed by atoms with van der Waals surface area (Å²) < 4.78 is 5.43. The van der Waals surface area contributed by atoms with Gasteiger partial charge in [-0.3, -0.25) is 0 Å². The number of nitrogens with one attached hydrogen (secondary N) is 3. The van der Waals surface area contributed by atoms with Gasteiger partial charge in [-0.2, -0.15) is 5.26 Å². The molecule has 4 N–H and O–H groups in total.